The molecule has 0 saturated carbocycles. The number of hydrogen-bond acceptors (Lipinski definition) is 21. The molecule has 1 aliphatic heterocycles. The SMILES string of the molecule is CC(=O)c1ccc(-c2cnc(N)c(C(=O)Nc3ccccc3)n2)cc1.NC(=O)c1cccc(-c2cnc(N)c(C(=O)Nc3ccccc3)n2)c1.Nc1ncc(-c2cccc(C(=O)N3CCOCC3)c2)nc1C(=O)Nc1ccccc1.Nc1ncc(-c2ccccc2CO)nc1C(=O)Nc1ccccc1.[HH].[HH].[HH].[HH].[HH].[HH].[HH].[HH].[HH].[HH]. The number of rotatable bonds is 16. The van der Waals surface area contributed by atoms with Crippen LogP contribution in [0.15, 0.2) is 243 Å². The van der Waals surface area contributed by atoms with Gasteiger partial charge in [0.05, 0.1) is 67.4 Å². The lowest BCUT2D eigenvalue weighted by Crippen LogP contribution is -2.40. The Morgan fingerprint density at radius 1 is 0.413 bits per heavy atom. The van der Waals surface area contributed by atoms with Gasteiger partial charge in [-0.15, -0.1) is 0 Å². The largest absolute Gasteiger partial charge is 0.392 e. The molecule has 8 aromatic carbocycles. The fraction of sp³-hybridized carbons (Fsp3) is 0.0779. The van der Waals surface area contributed by atoms with Gasteiger partial charge in [0.25, 0.3) is 29.5 Å². The first-order valence-electron chi connectivity index (χ1n) is 32.0. The highest BCUT2D eigenvalue weighted by Crippen LogP contribution is 2.27. The summed E-state index contributed by atoms with van der Waals surface area (Å²) in [6.07, 6.45) is 5.92. The number of aliphatic hydroxyl groups is 1. The Kier molecular flexibility index (Phi) is 24.3. The minimum Gasteiger partial charge on any atom is -0.392 e. The van der Waals surface area contributed by atoms with Crippen LogP contribution in [0.4, 0.5) is 46.0 Å². The second-order valence-electron chi connectivity index (χ2n) is 22.6. The van der Waals surface area contributed by atoms with Crippen molar-refractivity contribution in [1.82, 2.24) is 44.8 Å². The number of nitrogens with zero attached hydrogens (tertiary/aromatic N) is 9. The van der Waals surface area contributed by atoms with Crippen molar-refractivity contribution in [3.63, 3.8) is 0 Å². The molecule has 13 rings (SSSR count). The van der Waals surface area contributed by atoms with Crippen molar-refractivity contribution in [2.75, 3.05) is 70.5 Å². The molecule has 1 saturated heterocycles. The van der Waals surface area contributed by atoms with Crippen molar-refractivity contribution in [3.05, 3.63) is 288 Å². The fourth-order valence-electron chi connectivity index (χ4n) is 10.0. The maximum absolute atomic E-state index is 12.8. The van der Waals surface area contributed by atoms with Gasteiger partial charge in [-0.25, -0.2) is 39.9 Å². The predicted octanol–water partition coefficient (Wildman–Crippen LogP) is 12.6. The molecule has 15 N–H and O–H groups in total. The molecule has 27 nitrogen and oxygen atoms in total. The number of anilines is 8. The van der Waals surface area contributed by atoms with E-state index in [-0.39, 0.29) is 78.6 Å². The van der Waals surface area contributed by atoms with Crippen LogP contribution in [-0.2, 0) is 11.3 Å². The van der Waals surface area contributed by atoms with Crippen LogP contribution >= 0.6 is 0 Å². The second kappa shape index (κ2) is 34.9. The van der Waals surface area contributed by atoms with Gasteiger partial charge in [0.2, 0.25) is 5.91 Å². The summed E-state index contributed by atoms with van der Waals surface area (Å²) >= 11 is 0. The van der Waals surface area contributed by atoms with Gasteiger partial charge in [0.1, 0.15) is 0 Å². The fourth-order valence-corrected chi connectivity index (χ4v) is 10.0. The zero-order chi connectivity index (χ0) is 73.5. The number of primary amides is 1. The Labute approximate surface area is 610 Å². The van der Waals surface area contributed by atoms with E-state index in [1.165, 1.54) is 31.7 Å². The lowest BCUT2D eigenvalue weighted by molar-refractivity contribution is 0.0303. The highest BCUT2D eigenvalue weighted by Gasteiger charge is 2.23. The third-order valence-electron chi connectivity index (χ3n) is 15.4. The Balaban J connectivity index is 0.00000146. The smallest absolute Gasteiger partial charge is 0.278 e. The Hall–Kier alpha value is -14.3. The van der Waals surface area contributed by atoms with E-state index in [2.05, 4.69) is 61.1 Å². The van der Waals surface area contributed by atoms with Gasteiger partial charge in [-0.3, -0.25) is 33.6 Å². The zero-order valence-corrected chi connectivity index (χ0v) is 55.8. The molecular weight excluding hydrogens is 1320 g/mol. The summed E-state index contributed by atoms with van der Waals surface area (Å²) in [7, 11) is 0. The molecule has 0 spiro atoms. The summed E-state index contributed by atoms with van der Waals surface area (Å²) in [5.74, 6) is -2.26. The van der Waals surface area contributed by atoms with E-state index < -0.39 is 29.5 Å². The normalized spacial score (nSPS) is 11.3. The number of nitrogens with two attached hydrogens (primary N) is 5. The predicted molar refractivity (Wildman–Crippen MR) is 417 cm³/mol. The number of hydrogen-bond donors (Lipinski definition) is 10. The van der Waals surface area contributed by atoms with Gasteiger partial charge in [-0.05, 0) is 85.3 Å². The molecule has 0 atom stereocenters. The lowest BCUT2D eigenvalue weighted by Gasteiger charge is -2.27. The maximum Gasteiger partial charge on any atom is 0.278 e. The van der Waals surface area contributed by atoms with Gasteiger partial charge in [0.15, 0.2) is 51.8 Å². The Bertz CT molecular complexity index is 5110. The molecule has 0 unspecified atom stereocenters. The van der Waals surface area contributed by atoms with E-state index in [0.29, 0.717) is 111 Å². The number of Topliss-reactive ketones (excluding diaryl/α,β-unsaturated/α-hetero) is 1. The van der Waals surface area contributed by atoms with Gasteiger partial charge in [0, 0.05) is 89.0 Å². The standard InChI is InChI=1S/C22H21N5O3.C19H16N4O2.C18H15N5O2.C18H16N4O2.10H2/c23-20-19(21(28)25-17-7-2-1-3-8-17)26-18(14-24-20)15-5-4-6-16(13-15)22(29)27-9-11-30-12-10-27;1-12(24)13-7-9-14(10-8-13)16-11-21-18(20)17(23-16)19(25)22-15-5-3-2-4-6-15;19-16-15(18(25)22-13-7-2-1-3-8-13)23-14(10-21-16)11-5-4-6-12(9-11)17(20)24;19-17-16(18(24)21-13-7-2-1-3-8-13)22-15(10-20-17)14-9-5-4-6-12(14)11-23;;;;;;;;;;/h1-8,13-14H,9-12H2,(H2,23,24)(H,25,28);2-11H,1H3,(H2,20,21)(H,22,25);1-10H,(H2,19,21)(H2,20,24)(H,22,25);1-10,23H,11H2,(H2,19,20)(H,21,24);10*1H. The van der Waals surface area contributed by atoms with Crippen molar-refractivity contribution in [2.45, 2.75) is 13.5 Å². The number of nitrogens with one attached hydrogen (secondary N) is 4. The number of ether oxygens (including phenoxy) is 1. The minimum atomic E-state index is -0.549. The van der Waals surface area contributed by atoms with E-state index >= 15 is 0 Å². The maximum atomic E-state index is 12.8. The molecule has 1 fully saturated rings. The lowest BCUT2D eigenvalue weighted by atomic mass is 10.1. The second-order valence-corrected chi connectivity index (χ2v) is 22.6. The van der Waals surface area contributed by atoms with E-state index in [4.69, 9.17) is 33.4 Å². The molecule has 4 aromatic heterocycles. The van der Waals surface area contributed by atoms with Crippen molar-refractivity contribution in [1.29, 1.82) is 0 Å². The number of nitrogen functional groups attached to an aromatic ring is 4. The summed E-state index contributed by atoms with van der Waals surface area (Å²) in [5.41, 5.74) is 38.0. The summed E-state index contributed by atoms with van der Waals surface area (Å²) in [4.78, 5) is 121. The molecule has 12 aromatic rings. The van der Waals surface area contributed by atoms with Crippen molar-refractivity contribution >= 4 is 87.2 Å². The molecule has 0 aliphatic carbocycles. The molecule has 1 aliphatic rings. The quantitative estimate of drug-likeness (QED) is 0.0402. The van der Waals surface area contributed by atoms with Crippen LogP contribution in [0.1, 0.15) is 99.8 Å². The summed E-state index contributed by atoms with van der Waals surface area (Å²) < 4.78 is 5.31. The molecule has 540 valence electrons. The highest BCUT2D eigenvalue weighted by atomic mass is 16.5. The van der Waals surface area contributed by atoms with Gasteiger partial charge in [-0.2, -0.15) is 0 Å². The Morgan fingerprint density at radius 2 is 0.760 bits per heavy atom. The van der Waals surface area contributed by atoms with E-state index in [1.807, 2.05) is 84.9 Å². The number of aromatic nitrogens is 8. The van der Waals surface area contributed by atoms with Crippen LogP contribution in [-0.4, -0.2) is 117 Å². The van der Waals surface area contributed by atoms with Crippen LogP contribution in [0.5, 0.6) is 0 Å². The number of carbonyl (C=O) groups excluding carboxylic acids is 7. The molecule has 6 amide bonds. The average molecular weight is 1410 g/mol. The minimum absolute atomic E-state index is 0. The summed E-state index contributed by atoms with van der Waals surface area (Å²) in [5, 5.41) is 20.4. The summed E-state index contributed by atoms with van der Waals surface area (Å²) in [6.45, 7) is 3.57. The van der Waals surface area contributed by atoms with Crippen molar-refractivity contribution in [3.8, 4) is 45.0 Å². The first kappa shape index (κ1) is 72.4. The topological polar surface area (TPSA) is 434 Å². The molecule has 0 bridgehead atoms. The number of morpholine rings is 1. The van der Waals surface area contributed by atoms with Crippen LogP contribution in [0.2, 0.25) is 0 Å². The first-order valence-corrected chi connectivity index (χ1v) is 32.0. The van der Waals surface area contributed by atoms with Gasteiger partial charge >= 0.3 is 0 Å². The number of aliphatic hydroxyl groups excluding tert-OH is 1. The molecule has 27 heteroatoms. The van der Waals surface area contributed by atoms with Crippen LogP contribution in [0.3, 0.4) is 0 Å². The monoisotopic (exact) mass is 1410 g/mol. The molecule has 0 radical (unpaired) electrons. The first-order chi connectivity index (χ1) is 50.4. The van der Waals surface area contributed by atoms with Crippen LogP contribution in [0, 0.1) is 0 Å². The van der Waals surface area contributed by atoms with E-state index in [9.17, 15) is 38.7 Å². The van der Waals surface area contributed by atoms with Crippen LogP contribution in [0.25, 0.3) is 45.0 Å². The highest BCUT2D eigenvalue weighted by molar-refractivity contribution is 6.08. The number of para-hydroxylation sites is 4. The van der Waals surface area contributed by atoms with E-state index in [0.717, 1.165) is 5.56 Å². The Morgan fingerprint density at radius 3 is 1.14 bits per heavy atom. The summed E-state index contributed by atoms with van der Waals surface area (Å²) in [6, 6.07) is 63.9. The van der Waals surface area contributed by atoms with Gasteiger partial charge in [-0.1, -0.05) is 146 Å². The molecular formula is C77H88N18O9. The molecule has 5 heterocycles. The third kappa shape index (κ3) is 19.3. The zero-order valence-electron chi connectivity index (χ0n) is 55.8. The van der Waals surface area contributed by atoms with Crippen molar-refractivity contribution in [2.24, 2.45) is 5.73 Å². The van der Waals surface area contributed by atoms with E-state index in [1.54, 1.807) is 138 Å². The van der Waals surface area contributed by atoms with Gasteiger partial charge < -0.3 is 64.7 Å². The van der Waals surface area contributed by atoms with Crippen LogP contribution < -0.4 is 49.9 Å². The molecule has 104 heavy (non-hydrogen) atoms. The number of carbonyl (C=O) groups is 7. The number of amides is 6. The van der Waals surface area contributed by atoms with Crippen molar-refractivity contribution < 1.29 is 57.7 Å². The third-order valence-corrected chi connectivity index (χ3v) is 15.4. The number of benzene rings is 8. The average Bonchev–Trinajstić information content (AvgIpc) is 0.825. The number of ketones is 1.